The minimum absolute atomic E-state index is 0.0608. The Kier molecular flexibility index (Phi) is 4.64. The Morgan fingerprint density at radius 3 is 2.90 bits per heavy atom. The molecule has 0 saturated heterocycles. The third-order valence-corrected chi connectivity index (χ3v) is 2.80. The van der Waals surface area contributed by atoms with E-state index in [4.69, 9.17) is 5.11 Å². The molecule has 2 aromatic rings. The molecule has 0 radical (unpaired) electrons. The fourth-order valence-corrected chi connectivity index (χ4v) is 1.78. The van der Waals surface area contributed by atoms with Gasteiger partial charge in [-0.25, -0.2) is 14.8 Å². The van der Waals surface area contributed by atoms with E-state index in [1.165, 1.54) is 12.5 Å². The molecule has 0 aliphatic carbocycles. The standard InChI is InChI=1S/C12H16N6O3/c1-2-3-9-16-10(18-17-9)11(19)15-8(12(20)21)4-7-5-13-6-14-7/h5-6,8H,2-4H2,1H3,(H,13,14)(H,15,19)(H,20,21)(H,16,17,18)/t8-/m1/s1. The zero-order chi connectivity index (χ0) is 15.2. The summed E-state index contributed by atoms with van der Waals surface area (Å²) in [5.41, 5.74) is 0.615. The SMILES string of the molecule is CCCc1nc(C(=O)N[C@H](Cc2cnc[nH]2)C(=O)O)n[nH]1. The first kappa shape index (κ1) is 14.7. The Labute approximate surface area is 120 Å². The van der Waals surface area contributed by atoms with Gasteiger partial charge in [-0.05, 0) is 6.42 Å². The van der Waals surface area contributed by atoms with Crippen molar-refractivity contribution < 1.29 is 14.7 Å². The average Bonchev–Trinajstić information content (AvgIpc) is 3.09. The van der Waals surface area contributed by atoms with Gasteiger partial charge < -0.3 is 15.4 Å². The lowest BCUT2D eigenvalue weighted by atomic mass is 10.1. The van der Waals surface area contributed by atoms with Gasteiger partial charge in [-0.3, -0.25) is 9.89 Å². The van der Waals surface area contributed by atoms with E-state index in [1.807, 2.05) is 6.92 Å². The number of carbonyl (C=O) groups is 2. The van der Waals surface area contributed by atoms with Gasteiger partial charge in [0.1, 0.15) is 11.9 Å². The van der Waals surface area contributed by atoms with Crippen molar-refractivity contribution >= 4 is 11.9 Å². The quantitative estimate of drug-likeness (QED) is 0.562. The number of aliphatic carboxylic acids is 1. The summed E-state index contributed by atoms with van der Waals surface area (Å²) in [6.45, 7) is 1.98. The molecule has 21 heavy (non-hydrogen) atoms. The molecule has 2 aromatic heterocycles. The van der Waals surface area contributed by atoms with Gasteiger partial charge in [-0.15, -0.1) is 5.10 Å². The Morgan fingerprint density at radius 1 is 1.48 bits per heavy atom. The van der Waals surface area contributed by atoms with Crippen LogP contribution in [-0.2, 0) is 17.6 Å². The Bertz CT molecular complexity index is 606. The van der Waals surface area contributed by atoms with E-state index in [9.17, 15) is 9.59 Å². The van der Waals surface area contributed by atoms with Crippen molar-refractivity contribution in [3.8, 4) is 0 Å². The number of hydrogen-bond donors (Lipinski definition) is 4. The summed E-state index contributed by atoms with van der Waals surface area (Å²) >= 11 is 0. The second-order valence-electron chi connectivity index (χ2n) is 4.50. The molecule has 0 saturated carbocycles. The Hall–Kier alpha value is -2.71. The highest BCUT2D eigenvalue weighted by atomic mass is 16.4. The van der Waals surface area contributed by atoms with E-state index in [2.05, 4.69) is 30.5 Å². The van der Waals surface area contributed by atoms with Crippen molar-refractivity contribution in [3.05, 3.63) is 29.9 Å². The number of aromatic amines is 2. The van der Waals surface area contributed by atoms with Crippen molar-refractivity contribution in [3.63, 3.8) is 0 Å². The molecule has 0 bridgehead atoms. The Balaban J connectivity index is 2.01. The molecule has 9 heteroatoms. The smallest absolute Gasteiger partial charge is 0.326 e. The lowest BCUT2D eigenvalue weighted by Gasteiger charge is -2.12. The van der Waals surface area contributed by atoms with Crippen LogP contribution >= 0.6 is 0 Å². The van der Waals surface area contributed by atoms with Crippen LogP contribution in [0.4, 0.5) is 0 Å². The number of imidazole rings is 1. The van der Waals surface area contributed by atoms with Gasteiger partial charge in [0.25, 0.3) is 5.91 Å². The molecule has 2 heterocycles. The highest BCUT2D eigenvalue weighted by molar-refractivity contribution is 5.93. The summed E-state index contributed by atoms with van der Waals surface area (Å²) in [6.07, 6.45) is 4.61. The minimum atomic E-state index is -1.14. The molecule has 0 aliphatic rings. The van der Waals surface area contributed by atoms with Crippen LogP contribution in [0.2, 0.25) is 0 Å². The molecule has 0 aliphatic heterocycles. The van der Waals surface area contributed by atoms with Gasteiger partial charge in [0.2, 0.25) is 5.82 Å². The van der Waals surface area contributed by atoms with Gasteiger partial charge >= 0.3 is 5.97 Å². The van der Waals surface area contributed by atoms with E-state index in [0.29, 0.717) is 17.9 Å². The van der Waals surface area contributed by atoms with E-state index >= 15 is 0 Å². The largest absolute Gasteiger partial charge is 0.480 e. The zero-order valence-corrected chi connectivity index (χ0v) is 11.5. The average molecular weight is 292 g/mol. The topological polar surface area (TPSA) is 137 Å². The molecular formula is C12H16N6O3. The van der Waals surface area contributed by atoms with Crippen molar-refractivity contribution in [1.82, 2.24) is 30.5 Å². The number of amides is 1. The van der Waals surface area contributed by atoms with Gasteiger partial charge in [0, 0.05) is 24.7 Å². The number of rotatable bonds is 7. The Morgan fingerprint density at radius 2 is 2.29 bits per heavy atom. The molecule has 1 atom stereocenters. The molecule has 0 fully saturated rings. The normalized spacial score (nSPS) is 12.0. The molecule has 0 aromatic carbocycles. The van der Waals surface area contributed by atoms with E-state index in [-0.39, 0.29) is 12.2 Å². The third kappa shape index (κ3) is 3.88. The molecule has 112 valence electrons. The van der Waals surface area contributed by atoms with Crippen LogP contribution in [0.5, 0.6) is 0 Å². The second-order valence-corrected chi connectivity index (χ2v) is 4.50. The number of carboxylic acid groups (broad SMARTS) is 1. The minimum Gasteiger partial charge on any atom is -0.480 e. The third-order valence-electron chi connectivity index (χ3n) is 2.80. The lowest BCUT2D eigenvalue weighted by Crippen LogP contribution is -2.42. The van der Waals surface area contributed by atoms with Crippen molar-refractivity contribution in [2.24, 2.45) is 0 Å². The number of nitrogens with one attached hydrogen (secondary N) is 3. The number of nitrogens with zero attached hydrogens (tertiary/aromatic N) is 3. The summed E-state index contributed by atoms with van der Waals surface area (Å²) in [5.74, 6) is -1.22. The monoisotopic (exact) mass is 292 g/mol. The van der Waals surface area contributed by atoms with E-state index in [0.717, 1.165) is 6.42 Å². The van der Waals surface area contributed by atoms with E-state index in [1.54, 1.807) is 0 Å². The number of carbonyl (C=O) groups excluding carboxylic acids is 1. The fraction of sp³-hybridized carbons (Fsp3) is 0.417. The summed E-state index contributed by atoms with van der Waals surface area (Å²) in [5, 5.41) is 18.0. The van der Waals surface area contributed by atoms with Crippen LogP contribution < -0.4 is 5.32 Å². The maximum atomic E-state index is 12.0. The molecule has 2 rings (SSSR count). The van der Waals surface area contributed by atoms with Gasteiger partial charge in [0.15, 0.2) is 0 Å². The fourth-order valence-electron chi connectivity index (χ4n) is 1.78. The van der Waals surface area contributed by atoms with Crippen LogP contribution in [0.15, 0.2) is 12.5 Å². The molecule has 4 N–H and O–H groups in total. The number of aryl methyl sites for hydroxylation is 1. The molecular weight excluding hydrogens is 276 g/mol. The highest BCUT2D eigenvalue weighted by Crippen LogP contribution is 2.01. The first-order valence-electron chi connectivity index (χ1n) is 6.52. The summed E-state index contributed by atoms with van der Waals surface area (Å²) in [6, 6.07) is -1.08. The van der Waals surface area contributed by atoms with Crippen LogP contribution in [-0.4, -0.2) is 48.2 Å². The number of H-pyrrole nitrogens is 2. The summed E-state index contributed by atoms with van der Waals surface area (Å²) in [4.78, 5) is 33.8. The van der Waals surface area contributed by atoms with Gasteiger partial charge in [-0.1, -0.05) is 6.92 Å². The molecule has 0 unspecified atom stereocenters. The van der Waals surface area contributed by atoms with Gasteiger partial charge in [-0.2, -0.15) is 0 Å². The highest BCUT2D eigenvalue weighted by Gasteiger charge is 2.23. The maximum absolute atomic E-state index is 12.0. The molecule has 0 spiro atoms. The predicted octanol–water partition coefficient (Wildman–Crippen LogP) is -0.0940. The van der Waals surface area contributed by atoms with Crippen molar-refractivity contribution in [2.45, 2.75) is 32.2 Å². The van der Waals surface area contributed by atoms with Crippen LogP contribution in [0.1, 0.15) is 35.5 Å². The second kappa shape index (κ2) is 6.64. The summed E-state index contributed by atoms with van der Waals surface area (Å²) < 4.78 is 0. The first-order valence-corrected chi connectivity index (χ1v) is 6.52. The zero-order valence-electron chi connectivity index (χ0n) is 11.5. The number of aromatic nitrogens is 5. The maximum Gasteiger partial charge on any atom is 0.326 e. The van der Waals surface area contributed by atoms with Crippen LogP contribution in [0.3, 0.4) is 0 Å². The number of carboxylic acids is 1. The van der Waals surface area contributed by atoms with Crippen molar-refractivity contribution in [1.29, 1.82) is 0 Å². The number of hydrogen-bond acceptors (Lipinski definition) is 5. The first-order chi connectivity index (χ1) is 10.1. The van der Waals surface area contributed by atoms with Crippen LogP contribution in [0, 0.1) is 0 Å². The lowest BCUT2D eigenvalue weighted by molar-refractivity contribution is -0.139. The van der Waals surface area contributed by atoms with E-state index < -0.39 is 17.9 Å². The molecule has 1 amide bonds. The van der Waals surface area contributed by atoms with Crippen LogP contribution in [0.25, 0.3) is 0 Å². The predicted molar refractivity (Wildman–Crippen MR) is 71.6 cm³/mol. The summed E-state index contributed by atoms with van der Waals surface area (Å²) in [7, 11) is 0. The van der Waals surface area contributed by atoms with Crippen molar-refractivity contribution in [2.75, 3.05) is 0 Å². The molecule has 9 nitrogen and oxygen atoms in total. The van der Waals surface area contributed by atoms with Gasteiger partial charge in [0.05, 0.1) is 6.33 Å².